The van der Waals surface area contributed by atoms with Gasteiger partial charge in [0, 0.05) is 0 Å². The van der Waals surface area contributed by atoms with Crippen molar-refractivity contribution >= 4 is 15.9 Å². The van der Waals surface area contributed by atoms with Crippen molar-refractivity contribution < 1.29 is 9.84 Å². The summed E-state index contributed by atoms with van der Waals surface area (Å²) in [5.41, 5.74) is 2.05. The molecule has 0 aliphatic heterocycles. The van der Waals surface area contributed by atoms with Gasteiger partial charge in [-0.05, 0) is 58.5 Å². The van der Waals surface area contributed by atoms with Crippen LogP contribution in [0.3, 0.4) is 0 Å². The molecular weight excluding hydrogens is 268 g/mol. The Labute approximate surface area is 104 Å². The average Bonchev–Trinajstić information content (AvgIpc) is 2.81. The number of rotatable bonds is 3. The van der Waals surface area contributed by atoms with Crippen molar-refractivity contribution in [3.8, 4) is 5.75 Å². The summed E-state index contributed by atoms with van der Waals surface area (Å²) in [5.74, 6) is 0.788. The van der Waals surface area contributed by atoms with Gasteiger partial charge in [-0.2, -0.15) is 0 Å². The minimum absolute atomic E-state index is 0.468. The Morgan fingerprint density at radius 3 is 2.81 bits per heavy atom. The molecule has 16 heavy (non-hydrogen) atoms. The second kappa shape index (κ2) is 5.02. The van der Waals surface area contributed by atoms with Crippen molar-refractivity contribution in [2.75, 3.05) is 7.11 Å². The number of benzene rings is 1. The van der Waals surface area contributed by atoms with E-state index >= 15 is 0 Å². The fourth-order valence-electron chi connectivity index (χ4n) is 2.01. The van der Waals surface area contributed by atoms with Crippen LogP contribution in [-0.2, 0) is 0 Å². The van der Waals surface area contributed by atoms with E-state index in [1.54, 1.807) is 7.11 Å². The predicted molar refractivity (Wildman–Crippen MR) is 67.6 cm³/mol. The van der Waals surface area contributed by atoms with E-state index in [4.69, 9.17) is 4.74 Å². The van der Waals surface area contributed by atoms with Gasteiger partial charge in [-0.25, -0.2) is 0 Å². The monoisotopic (exact) mass is 282 g/mol. The van der Waals surface area contributed by atoms with Gasteiger partial charge in [0.1, 0.15) is 11.9 Å². The molecule has 1 aromatic carbocycles. The molecule has 1 atom stereocenters. The zero-order valence-electron chi connectivity index (χ0n) is 9.24. The number of aliphatic hydroxyl groups excluding tert-OH is 1. The average molecular weight is 283 g/mol. The molecule has 0 aromatic heterocycles. The number of aliphatic hydroxyl groups is 1. The van der Waals surface area contributed by atoms with Gasteiger partial charge in [0.05, 0.1) is 11.6 Å². The summed E-state index contributed by atoms with van der Waals surface area (Å²) in [7, 11) is 1.63. The number of halogens is 1. The molecule has 0 bridgehead atoms. The highest BCUT2D eigenvalue weighted by Gasteiger charge is 2.17. The maximum atomic E-state index is 10.2. The number of methoxy groups -OCH3 is 1. The van der Waals surface area contributed by atoms with Gasteiger partial charge in [0.25, 0.3) is 0 Å². The molecule has 3 heteroatoms. The van der Waals surface area contributed by atoms with Crippen LogP contribution in [0.1, 0.15) is 30.9 Å². The zero-order valence-corrected chi connectivity index (χ0v) is 10.8. The highest BCUT2D eigenvalue weighted by molar-refractivity contribution is 9.10. The summed E-state index contributed by atoms with van der Waals surface area (Å²) in [6.07, 6.45) is 4.92. The van der Waals surface area contributed by atoms with Gasteiger partial charge in [0.15, 0.2) is 0 Å². The van der Waals surface area contributed by atoms with Gasteiger partial charge in [0.2, 0.25) is 0 Å². The molecule has 1 aliphatic rings. The van der Waals surface area contributed by atoms with Crippen LogP contribution in [-0.4, -0.2) is 12.2 Å². The van der Waals surface area contributed by atoms with Gasteiger partial charge in [-0.3, -0.25) is 0 Å². The van der Waals surface area contributed by atoms with Gasteiger partial charge in [-0.1, -0.05) is 12.1 Å². The number of ether oxygens (including phenoxy) is 1. The second-order valence-electron chi connectivity index (χ2n) is 3.97. The van der Waals surface area contributed by atoms with E-state index in [1.165, 1.54) is 0 Å². The maximum Gasteiger partial charge on any atom is 0.133 e. The van der Waals surface area contributed by atoms with Crippen LogP contribution in [0.2, 0.25) is 0 Å². The summed E-state index contributed by atoms with van der Waals surface area (Å²) in [6.45, 7) is 0. The molecule has 0 spiro atoms. The third-order valence-electron chi connectivity index (χ3n) is 2.92. The van der Waals surface area contributed by atoms with Gasteiger partial charge >= 0.3 is 0 Å². The fraction of sp³-hybridized carbons (Fsp3) is 0.385. The topological polar surface area (TPSA) is 29.5 Å². The molecule has 0 radical (unpaired) electrons. The minimum atomic E-state index is -0.468. The number of hydrogen-bond acceptors (Lipinski definition) is 2. The summed E-state index contributed by atoms with van der Waals surface area (Å²) >= 11 is 3.43. The van der Waals surface area contributed by atoms with Crippen LogP contribution in [0.4, 0.5) is 0 Å². The molecule has 0 amide bonds. The highest BCUT2D eigenvalue weighted by Crippen LogP contribution is 2.34. The van der Waals surface area contributed by atoms with E-state index in [9.17, 15) is 5.11 Å². The SMILES string of the molecule is COc1ccc(C(O)C2=CCCC2)cc1Br. The maximum absolute atomic E-state index is 10.2. The van der Waals surface area contributed by atoms with Crippen molar-refractivity contribution in [1.82, 2.24) is 0 Å². The van der Waals surface area contributed by atoms with E-state index in [0.29, 0.717) is 0 Å². The first kappa shape index (κ1) is 11.7. The van der Waals surface area contributed by atoms with E-state index in [0.717, 1.165) is 40.6 Å². The lowest BCUT2D eigenvalue weighted by Crippen LogP contribution is -2.00. The van der Waals surface area contributed by atoms with E-state index in [-0.39, 0.29) is 0 Å². The molecule has 0 fully saturated rings. The Bertz CT molecular complexity index is 412. The lowest BCUT2D eigenvalue weighted by molar-refractivity contribution is 0.212. The van der Waals surface area contributed by atoms with Crippen LogP contribution >= 0.6 is 15.9 Å². The molecule has 86 valence electrons. The Morgan fingerprint density at radius 1 is 1.44 bits per heavy atom. The fourth-order valence-corrected chi connectivity index (χ4v) is 2.57. The molecule has 0 saturated heterocycles. The molecule has 2 rings (SSSR count). The van der Waals surface area contributed by atoms with Crippen molar-refractivity contribution in [1.29, 1.82) is 0 Å². The summed E-state index contributed by atoms with van der Waals surface area (Å²) in [4.78, 5) is 0. The molecule has 0 heterocycles. The van der Waals surface area contributed by atoms with Crippen LogP contribution in [0.5, 0.6) is 5.75 Å². The van der Waals surface area contributed by atoms with Crippen molar-refractivity contribution in [3.05, 3.63) is 39.9 Å². The first-order valence-electron chi connectivity index (χ1n) is 5.43. The number of allylic oxidation sites excluding steroid dienone is 1. The normalized spacial score (nSPS) is 17.1. The third-order valence-corrected chi connectivity index (χ3v) is 3.54. The first-order valence-corrected chi connectivity index (χ1v) is 6.22. The van der Waals surface area contributed by atoms with Crippen molar-refractivity contribution in [2.45, 2.75) is 25.4 Å². The molecule has 1 aromatic rings. The lowest BCUT2D eigenvalue weighted by Gasteiger charge is -2.14. The van der Waals surface area contributed by atoms with Crippen LogP contribution in [0.25, 0.3) is 0 Å². The Morgan fingerprint density at radius 2 is 2.25 bits per heavy atom. The Balaban J connectivity index is 2.23. The molecular formula is C13H15BrO2. The van der Waals surface area contributed by atoms with Crippen molar-refractivity contribution in [2.24, 2.45) is 0 Å². The largest absolute Gasteiger partial charge is 0.496 e. The van der Waals surface area contributed by atoms with Gasteiger partial charge < -0.3 is 9.84 Å². The third kappa shape index (κ3) is 2.30. The van der Waals surface area contributed by atoms with Crippen molar-refractivity contribution in [3.63, 3.8) is 0 Å². The van der Waals surface area contributed by atoms with E-state index < -0.39 is 6.10 Å². The molecule has 1 aliphatic carbocycles. The highest BCUT2D eigenvalue weighted by atomic mass is 79.9. The summed E-state index contributed by atoms with van der Waals surface area (Å²) in [5, 5.41) is 10.2. The minimum Gasteiger partial charge on any atom is -0.496 e. The zero-order chi connectivity index (χ0) is 11.5. The first-order chi connectivity index (χ1) is 7.72. The molecule has 2 nitrogen and oxygen atoms in total. The molecule has 0 saturated carbocycles. The van der Waals surface area contributed by atoms with Gasteiger partial charge in [-0.15, -0.1) is 0 Å². The molecule has 1 N–H and O–H groups in total. The predicted octanol–water partition coefficient (Wildman–Crippen LogP) is 3.60. The summed E-state index contributed by atoms with van der Waals surface area (Å²) in [6, 6.07) is 5.70. The number of hydrogen-bond donors (Lipinski definition) is 1. The van der Waals surface area contributed by atoms with E-state index in [1.807, 2.05) is 18.2 Å². The van der Waals surface area contributed by atoms with Crippen LogP contribution in [0.15, 0.2) is 34.3 Å². The Hall–Kier alpha value is -0.800. The van der Waals surface area contributed by atoms with Crippen LogP contribution < -0.4 is 4.74 Å². The van der Waals surface area contributed by atoms with E-state index in [2.05, 4.69) is 22.0 Å². The quantitative estimate of drug-likeness (QED) is 0.859. The second-order valence-corrected chi connectivity index (χ2v) is 4.82. The summed E-state index contributed by atoms with van der Waals surface area (Å²) < 4.78 is 6.04. The molecule has 1 unspecified atom stereocenters. The van der Waals surface area contributed by atoms with Crippen LogP contribution in [0, 0.1) is 0 Å². The standard InChI is InChI=1S/C13H15BrO2/c1-16-12-7-6-10(8-11(12)14)13(15)9-4-2-3-5-9/h4,6-8,13,15H,2-3,5H2,1H3. The Kier molecular flexibility index (Phi) is 3.66. The smallest absolute Gasteiger partial charge is 0.133 e. The lowest BCUT2D eigenvalue weighted by atomic mass is 10.0.